The van der Waals surface area contributed by atoms with Gasteiger partial charge in [-0.3, -0.25) is 0 Å². The number of ether oxygens (including phenoxy) is 6. The lowest BCUT2D eigenvalue weighted by Gasteiger charge is -2.74. The van der Waals surface area contributed by atoms with E-state index >= 15 is 0 Å². The second-order valence-corrected chi connectivity index (χ2v) is 19.0. The average Bonchev–Trinajstić information content (AvgIpc) is 3.79. The van der Waals surface area contributed by atoms with Crippen molar-refractivity contribution in [3.8, 4) is 0 Å². The second kappa shape index (κ2) is 13.3. The number of hydrogen-bond donors (Lipinski definition) is 5. The first kappa shape index (κ1) is 39.6. The minimum Gasteiger partial charge on any atom is -0.456 e. The Morgan fingerprint density at radius 1 is 0.881 bits per heavy atom. The van der Waals surface area contributed by atoms with Crippen LogP contribution in [0.5, 0.6) is 0 Å². The van der Waals surface area contributed by atoms with Gasteiger partial charge in [0, 0.05) is 35.3 Å². The molecule has 2 aromatic rings. The van der Waals surface area contributed by atoms with Crippen LogP contribution in [0.1, 0.15) is 69.3 Å². The van der Waals surface area contributed by atoms with Gasteiger partial charge in [-0.05, 0) is 68.6 Å². The van der Waals surface area contributed by atoms with Crippen LogP contribution in [0, 0.1) is 41.4 Å². The number of carbonyl (C=O) groups excluding carboxylic acids is 2. The quantitative estimate of drug-likeness (QED) is 0.223. The highest BCUT2D eigenvalue weighted by molar-refractivity contribution is 5.89. The number of benzene rings is 2. The summed E-state index contributed by atoms with van der Waals surface area (Å²) in [4.78, 5) is 27.2. The molecule has 0 amide bonds. The highest BCUT2D eigenvalue weighted by Gasteiger charge is 2.91. The SMILES string of the molecule is C[C@H]1[C@@H]2CC[C@@H]1[C@H](OC(=O)c1ccccc1)C=CC=CC(=O)O[C@H]1[C@@H](C)C[C@@H]3[C@]1(O)[C@H](O)[C@@]1(CO)O[C@H]1[C@H]1[C@H]4OC5(c6ccccc6)O[C@@H]([C@@H](C)[C@@]13O5)[C@@]4(O)[C@](C)(O)C2. The van der Waals surface area contributed by atoms with Crippen molar-refractivity contribution in [1.29, 1.82) is 0 Å². The highest BCUT2D eigenvalue weighted by atomic mass is 16.9. The predicted molar refractivity (Wildman–Crippen MR) is 207 cm³/mol. The number of hydrogen-bond acceptors (Lipinski definition) is 13. The van der Waals surface area contributed by atoms with Gasteiger partial charge in [0.15, 0.2) is 0 Å². The van der Waals surface area contributed by atoms with Crippen LogP contribution < -0.4 is 0 Å². The Balaban J connectivity index is 1.14. The summed E-state index contributed by atoms with van der Waals surface area (Å²) < 4.78 is 39.7. The zero-order valence-corrected chi connectivity index (χ0v) is 33.6. The number of fused-ring (bicyclic) bond motifs is 6. The number of epoxide rings is 1. The van der Waals surface area contributed by atoms with E-state index in [-0.39, 0.29) is 30.6 Å². The molecule has 6 aliphatic heterocycles. The van der Waals surface area contributed by atoms with Crippen LogP contribution in [0.2, 0.25) is 0 Å². The fraction of sp³-hybridized carbons (Fsp3) is 0.609. The van der Waals surface area contributed by atoms with Crippen molar-refractivity contribution in [3.05, 3.63) is 96.1 Å². The van der Waals surface area contributed by atoms with Gasteiger partial charge in [0.1, 0.15) is 53.4 Å². The molecular formula is C46H54O13. The van der Waals surface area contributed by atoms with Crippen molar-refractivity contribution in [1.82, 2.24) is 0 Å². The summed E-state index contributed by atoms with van der Waals surface area (Å²) in [6, 6.07) is 17.7. The Morgan fingerprint density at radius 3 is 2.29 bits per heavy atom. The van der Waals surface area contributed by atoms with Crippen molar-refractivity contribution in [3.63, 3.8) is 0 Å². The zero-order chi connectivity index (χ0) is 41.5. The number of allylic oxidation sites excluding steroid dienone is 2. The van der Waals surface area contributed by atoms with Crippen molar-refractivity contribution >= 4 is 11.9 Å². The Labute approximate surface area is 342 Å². The van der Waals surface area contributed by atoms with Gasteiger partial charge < -0.3 is 54.0 Å². The fourth-order valence-electron chi connectivity index (χ4n) is 13.3. The normalized spacial score (nSPS) is 51.7. The van der Waals surface area contributed by atoms with Gasteiger partial charge in [-0.15, -0.1) is 0 Å². The molecule has 2 aromatic carbocycles. The Kier molecular flexibility index (Phi) is 8.90. The standard InChI is InChI=1S/C46H54O13/c1-24-21-32-43(52)35(24)55-33(48)18-12-11-17-31(54-39(49)27-13-7-5-8-14-27)30-20-19-28(25(30)2)22-41(4,51)45(53)36-26(3)44(32)34(37-42(23-47,56-37)40(43)50)38(45)58-46(57-36,59-44)29-15-9-6-10-16-29/h5-18,24-26,28,30-32,34-38,40,47,50-53H,19-23H2,1-4H3/t24-,25-,26+,28+,30-,31+,32+,34-,35-,36-,37-,38+,40+,41+,42-,43+,44-,45-,46?/m0/s1. The lowest BCUT2D eigenvalue weighted by atomic mass is 9.49. The van der Waals surface area contributed by atoms with E-state index in [0.29, 0.717) is 24.0 Å². The third-order valence-corrected chi connectivity index (χ3v) is 16.2. The van der Waals surface area contributed by atoms with E-state index in [9.17, 15) is 35.1 Å². The van der Waals surface area contributed by atoms with Crippen molar-refractivity contribution < 1.29 is 63.5 Å². The molecule has 10 aliphatic rings. The molecule has 8 fully saturated rings. The fourth-order valence-corrected chi connectivity index (χ4v) is 13.3. The summed E-state index contributed by atoms with van der Waals surface area (Å²) >= 11 is 0. The minimum atomic E-state index is -2.22. The Bertz CT molecular complexity index is 2060. The van der Waals surface area contributed by atoms with Gasteiger partial charge >= 0.3 is 17.9 Å². The lowest BCUT2D eigenvalue weighted by Crippen LogP contribution is -2.89. The molecule has 13 heteroatoms. The van der Waals surface area contributed by atoms with E-state index in [2.05, 4.69) is 6.92 Å². The van der Waals surface area contributed by atoms with Crippen LogP contribution in [0.4, 0.5) is 0 Å². The maximum atomic E-state index is 13.7. The molecule has 4 saturated heterocycles. The van der Waals surface area contributed by atoms with Crippen LogP contribution in [-0.4, -0.2) is 109 Å². The maximum absolute atomic E-state index is 13.7. The Hall–Kier alpha value is -3.50. The first-order valence-corrected chi connectivity index (χ1v) is 21.2. The summed E-state index contributed by atoms with van der Waals surface area (Å²) in [5, 5.41) is 63.4. The zero-order valence-electron chi connectivity index (χ0n) is 33.6. The molecule has 316 valence electrons. The molecule has 1 unspecified atom stereocenters. The second-order valence-electron chi connectivity index (χ2n) is 19.0. The molecular weight excluding hydrogens is 760 g/mol. The van der Waals surface area contributed by atoms with Gasteiger partial charge in [-0.1, -0.05) is 81.5 Å². The molecule has 13 nitrogen and oxygen atoms in total. The molecule has 11 bridgehead atoms. The predicted octanol–water partition coefficient (Wildman–Crippen LogP) is 3.31. The number of esters is 2. The van der Waals surface area contributed by atoms with Gasteiger partial charge in [0.2, 0.25) is 0 Å². The molecule has 5 N–H and O–H groups in total. The van der Waals surface area contributed by atoms with Gasteiger partial charge in [0.05, 0.1) is 23.4 Å². The third kappa shape index (κ3) is 5.17. The number of rotatable bonds is 4. The van der Waals surface area contributed by atoms with E-state index in [1.54, 1.807) is 55.5 Å². The van der Waals surface area contributed by atoms with Crippen LogP contribution in [0.25, 0.3) is 0 Å². The number of aliphatic hydroxyl groups excluding tert-OH is 2. The van der Waals surface area contributed by atoms with Gasteiger partial charge in [0.25, 0.3) is 0 Å². The largest absolute Gasteiger partial charge is 0.456 e. The van der Waals surface area contributed by atoms with Crippen molar-refractivity contribution in [2.45, 2.75) is 124 Å². The van der Waals surface area contributed by atoms with Crippen LogP contribution >= 0.6 is 0 Å². The summed E-state index contributed by atoms with van der Waals surface area (Å²) in [6.45, 7) is 6.66. The minimum absolute atomic E-state index is 0.102. The third-order valence-electron chi connectivity index (χ3n) is 16.2. The van der Waals surface area contributed by atoms with E-state index < -0.39 is 113 Å². The van der Waals surface area contributed by atoms with E-state index in [1.807, 2.05) is 38.1 Å². The molecule has 4 saturated carbocycles. The van der Waals surface area contributed by atoms with E-state index in [1.165, 1.54) is 12.2 Å². The van der Waals surface area contributed by atoms with Crippen molar-refractivity contribution in [2.75, 3.05) is 6.61 Å². The maximum Gasteiger partial charge on any atom is 0.338 e. The number of aliphatic hydroxyl groups is 5. The summed E-state index contributed by atoms with van der Waals surface area (Å²) in [5.41, 5.74) is -8.50. The number of carbonyl (C=O) groups is 2. The van der Waals surface area contributed by atoms with Crippen LogP contribution in [-0.2, 0) is 39.2 Å². The lowest BCUT2D eigenvalue weighted by molar-refractivity contribution is -0.595. The molecule has 12 rings (SSSR count). The summed E-state index contributed by atoms with van der Waals surface area (Å²) in [5.74, 6) is -6.79. The van der Waals surface area contributed by atoms with E-state index in [4.69, 9.17) is 28.4 Å². The first-order valence-electron chi connectivity index (χ1n) is 21.2. The molecule has 19 atom stereocenters. The molecule has 4 aliphatic carbocycles. The van der Waals surface area contributed by atoms with Crippen LogP contribution in [0.3, 0.4) is 0 Å². The van der Waals surface area contributed by atoms with Gasteiger partial charge in [-0.2, -0.15) is 0 Å². The molecule has 6 heterocycles. The van der Waals surface area contributed by atoms with E-state index in [0.717, 1.165) is 0 Å². The molecule has 1 spiro atoms. The van der Waals surface area contributed by atoms with Crippen LogP contribution in [0.15, 0.2) is 85.0 Å². The molecule has 0 aromatic heterocycles. The average molecular weight is 815 g/mol. The highest BCUT2D eigenvalue weighted by Crippen LogP contribution is 2.75. The van der Waals surface area contributed by atoms with Crippen molar-refractivity contribution in [2.24, 2.45) is 41.4 Å². The topological polar surface area (TPSA) is 194 Å². The monoisotopic (exact) mass is 814 g/mol. The summed E-state index contributed by atoms with van der Waals surface area (Å²) in [7, 11) is 0. The smallest absolute Gasteiger partial charge is 0.338 e. The molecule has 0 radical (unpaired) electrons. The Morgan fingerprint density at radius 2 is 1.58 bits per heavy atom. The molecule has 59 heavy (non-hydrogen) atoms. The first-order chi connectivity index (χ1) is 28.1. The summed E-state index contributed by atoms with van der Waals surface area (Å²) in [6.07, 6.45) is 0.608. The van der Waals surface area contributed by atoms with Gasteiger partial charge in [-0.25, -0.2) is 9.59 Å².